The minimum absolute atomic E-state index is 0.463. The molecule has 1 aliphatic heterocycles. The van der Waals surface area contributed by atoms with Crippen LogP contribution < -0.4 is 0 Å². The Morgan fingerprint density at radius 1 is 1.70 bits per heavy atom. The summed E-state index contributed by atoms with van der Waals surface area (Å²) < 4.78 is 0.880. The third kappa shape index (κ3) is 4.59. The van der Waals surface area contributed by atoms with Crippen molar-refractivity contribution < 1.29 is 0 Å². The predicted molar refractivity (Wildman–Crippen MR) is 62.9 cm³/mol. The molecule has 0 bridgehead atoms. The van der Waals surface area contributed by atoms with Crippen molar-refractivity contribution in [2.75, 3.05) is 17.3 Å². The van der Waals surface area contributed by atoms with Crippen LogP contribution in [-0.2, 0) is 0 Å². The fourth-order valence-corrected chi connectivity index (χ4v) is 5.12. The average molecular weight is 230 g/mol. The highest BCUT2D eigenvalue weighted by Crippen LogP contribution is 2.46. The van der Waals surface area contributed by atoms with E-state index in [4.69, 9.17) is 0 Å². The second kappa shape index (κ2) is 5.41. The van der Waals surface area contributed by atoms with Gasteiger partial charge in [0.05, 0.1) is 4.58 Å². The van der Waals surface area contributed by atoms with Gasteiger partial charge in [-0.25, -0.2) is 0 Å². The van der Waals surface area contributed by atoms with E-state index >= 15 is 0 Å². The Bertz CT molecular complexity index is 92.0. The Morgan fingerprint density at radius 3 is 2.90 bits per heavy atom. The first-order valence-electron chi connectivity index (χ1n) is 3.01. The van der Waals surface area contributed by atoms with Gasteiger partial charge in [-0.1, -0.05) is 21.6 Å². The first kappa shape index (κ1) is 9.84. The number of rotatable bonds is 5. The van der Waals surface area contributed by atoms with Crippen LogP contribution in [0.4, 0.5) is 0 Å². The fourth-order valence-electron chi connectivity index (χ4n) is 0.341. The van der Waals surface area contributed by atoms with Crippen LogP contribution in [0.5, 0.6) is 0 Å². The van der Waals surface area contributed by atoms with Crippen LogP contribution >= 0.6 is 58.6 Å². The minimum atomic E-state index is 0.463. The lowest BCUT2D eigenvalue weighted by Gasteiger charge is -2.03. The number of thiol groups is 2. The molecule has 0 saturated carbocycles. The summed E-state index contributed by atoms with van der Waals surface area (Å²) >= 11 is 10.5. The van der Waals surface area contributed by atoms with Gasteiger partial charge < -0.3 is 0 Å². The molecular formula is C5H10S5. The molecule has 1 heterocycles. The van der Waals surface area contributed by atoms with E-state index in [1.807, 2.05) is 33.3 Å². The highest BCUT2D eigenvalue weighted by Gasteiger charge is 2.23. The van der Waals surface area contributed by atoms with Crippen molar-refractivity contribution >= 4 is 58.6 Å². The first-order valence-corrected chi connectivity index (χ1v) is 7.59. The highest BCUT2D eigenvalue weighted by molar-refractivity contribution is 8.79. The molecule has 0 radical (unpaired) electrons. The summed E-state index contributed by atoms with van der Waals surface area (Å²) in [4.78, 5) is 0. The molecule has 0 N–H and O–H groups in total. The van der Waals surface area contributed by atoms with E-state index in [2.05, 4.69) is 25.3 Å². The van der Waals surface area contributed by atoms with Crippen LogP contribution in [0.2, 0.25) is 0 Å². The van der Waals surface area contributed by atoms with E-state index in [9.17, 15) is 0 Å². The van der Waals surface area contributed by atoms with Gasteiger partial charge in [0.15, 0.2) is 0 Å². The van der Waals surface area contributed by atoms with E-state index in [0.29, 0.717) is 5.25 Å². The van der Waals surface area contributed by atoms with Crippen molar-refractivity contribution in [3.63, 3.8) is 0 Å². The Balaban J connectivity index is 1.83. The summed E-state index contributed by atoms with van der Waals surface area (Å²) in [6.07, 6.45) is 0. The van der Waals surface area contributed by atoms with Crippen molar-refractivity contribution in [2.45, 2.75) is 9.83 Å². The molecule has 0 aliphatic carbocycles. The maximum atomic E-state index is 4.34. The molecule has 10 heavy (non-hydrogen) atoms. The molecule has 0 aromatic rings. The van der Waals surface area contributed by atoms with Gasteiger partial charge in [-0.05, 0) is 0 Å². The van der Waals surface area contributed by atoms with E-state index in [1.54, 1.807) is 0 Å². The molecule has 0 nitrogen and oxygen atoms in total. The number of hydrogen-bond donors (Lipinski definition) is 2. The van der Waals surface area contributed by atoms with Gasteiger partial charge in [-0.3, -0.25) is 0 Å². The Morgan fingerprint density at radius 2 is 2.40 bits per heavy atom. The molecule has 1 fully saturated rings. The maximum absolute atomic E-state index is 4.34. The summed E-state index contributed by atoms with van der Waals surface area (Å²) in [6.45, 7) is 0. The maximum Gasteiger partial charge on any atom is 0.0697 e. The molecular weight excluding hydrogens is 220 g/mol. The van der Waals surface area contributed by atoms with Crippen molar-refractivity contribution in [1.29, 1.82) is 0 Å². The Kier molecular flexibility index (Phi) is 5.32. The van der Waals surface area contributed by atoms with Gasteiger partial charge in [0.25, 0.3) is 0 Å². The molecule has 1 aliphatic rings. The Labute approximate surface area is 85.3 Å². The zero-order valence-electron chi connectivity index (χ0n) is 5.40. The van der Waals surface area contributed by atoms with E-state index in [-0.39, 0.29) is 0 Å². The number of thioether (sulfide) groups is 1. The van der Waals surface area contributed by atoms with Gasteiger partial charge in [0.2, 0.25) is 0 Å². The van der Waals surface area contributed by atoms with Crippen LogP contribution in [0.25, 0.3) is 0 Å². The van der Waals surface area contributed by atoms with Gasteiger partial charge in [-0.15, -0.1) is 11.8 Å². The SMILES string of the molecule is SCC(S)CSSC1CS1. The van der Waals surface area contributed by atoms with Crippen molar-refractivity contribution in [2.24, 2.45) is 0 Å². The van der Waals surface area contributed by atoms with E-state index in [1.165, 1.54) is 5.75 Å². The summed E-state index contributed by atoms with van der Waals surface area (Å²) in [7, 11) is 3.91. The standard InChI is InChI=1S/C5H10S5/c6-1-4(7)2-9-10-5-3-8-5/h4-7H,1-3H2. The third-order valence-corrected chi connectivity index (χ3v) is 6.77. The zero-order chi connectivity index (χ0) is 7.40. The normalized spacial score (nSPS) is 26.4. The van der Waals surface area contributed by atoms with Crippen LogP contribution in [0, 0.1) is 0 Å². The van der Waals surface area contributed by atoms with Crippen LogP contribution in [0.15, 0.2) is 0 Å². The van der Waals surface area contributed by atoms with Gasteiger partial charge in [0, 0.05) is 22.5 Å². The topological polar surface area (TPSA) is 0 Å². The molecule has 5 heteroatoms. The zero-order valence-corrected chi connectivity index (χ0v) is 9.63. The molecule has 2 atom stereocenters. The molecule has 2 unspecified atom stereocenters. The van der Waals surface area contributed by atoms with E-state index < -0.39 is 0 Å². The molecule has 0 amide bonds. The lowest BCUT2D eigenvalue weighted by atomic mass is 10.6. The summed E-state index contributed by atoms with van der Waals surface area (Å²) in [5.41, 5.74) is 0. The number of hydrogen-bond acceptors (Lipinski definition) is 5. The molecule has 0 spiro atoms. The molecule has 0 aromatic heterocycles. The van der Waals surface area contributed by atoms with Gasteiger partial charge in [0.1, 0.15) is 0 Å². The molecule has 60 valence electrons. The molecule has 1 saturated heterocycles. The summed E-state index contributed by atoms with van der Waals surface area (Å²) in [6, 6.07) is 0. The summed E-state index contributed by atoms with van der Waals surface area (Å²) in [5.74, 6) is 3.35. The van der Waals surface area contributed by atoms with Gasteiger partial charge in [-0.2, -0.15) is 25.3 Å². The molecule has 1 rings (SSSR count). The van der Waals surface area contributed by atoms with Crippen LogP contribution in [0.3, 0.4) is 0 Å². The van der Waals surface area contributed by atoms with Crippen LogP contribution in [0.1, 0.15) is 0 Å². The third-order valence-electron chi connectivity index (χ3n) is 0.949. The van der Waals surface area contributed by atoms with Crippen molar-refractivity contribution in [3.8, 4) is 0 Å². The quantitative estimate of drug-likeness (QED) is 0.424. The van der Waals surface area contributed by atoms with Gasteiger partial charge >= 0.3 is 0 Å². The summed E-state index contributed by atoms with van der Waals surface area (Å²) in [5, 5.41) is 0.463. The average Bonchev–Trinajstić information content (AvgIpc) is 2.71. The van der Waals surface area contributed by atoms with Crippen LogP contribution in [-0.4, -0.2) is 27.1 Å². The van der Waals surface area contributed by atoms with Crippen molar-refractivity contribution in [3.05, 3.63) is 0 Å². The minimum Gasteiger partial charge on any atom is -0.178 e. The smallest absolute Gasteiger partial charge is 0.0697 e. The van der Waals surface area contributed by atoms with E-state index in [0.717, 1.165) is 16.1 Å². The highest BCUT2D eigenvalue weighted by atomic mass is 33.1. The first-order chi connectivity index (χ1) is 4.83. The Hall–Kier alpha value is 1.75. The fraction of sp³-hybridized carbons (Fsp3) is 1.00. The second-order valence-electron chi connectivity index (χ2n) is 1.98. The lowest BCUT2D eigenvalue weighted by Crippen LogP contribution is -2.02. The monoisotopic (exact) mass is 230 g/mol. The predicted octanol–water partition coefficient (Wildman–Crippen LogP) is 2.67. The largest absolute Gasteiger partial charge is 0.178 e. The van der Waals surface area contributed by atoms with Crippen molar-refractivity contribution in [1.82, 2.24) is 0 Å². The molecule has 0 aromatic carbocycles. The second-order valence-corrected chi connectivity index (χ2v) is 7.22. The lowest BCUT2D eigenvalue weighted by molar-refractivity contribution is 1.17.